The quantitative estimate of drug-likeness (QED) is 0.850. The first kappa shape index (κ1) is 14.4. The van der Waals surface area contributed by atoms with E-state index in [9.17, 15) is 4.79 Å². The molecule has 4 nitrogen and oxygen atoms in total. The van der Waals surface area contributed by atoms with E-state index in [2.05, 4.69) is 5.32 Å². The van der Waals surface area contributed by atoms with E-state index in [1.807, 2.05) is 30.3 Å². The van der Waals surface area contributed by atoms with Gasteiger partial charge in [-0.15, -0.1) is 0 Å². The van der Waals surface area contributed by atoms with Crippen LogP contribution in [0.15, 0.2) is 48.5 Å². The van der Waals surface area contributed by atoms with E-state index in [0.29, 0.717) is 16.4 Å². The summed E-state index contributed by atoms with van der Waals surface area (Å²) in [7, 11) is 1.49. The first-order valence-electron chi connectivity index (χ1n) is 6.05. The highest BCUT2D eigenvalue weighted by Crippen LogP contribution is 2.24. The number of amides is 1. The van der Waals surface area contributed by atoms with E-state index < -0.39 is 6.10 Å². The summed E-state index contributed by atoms with van der Waals surface area (Å²) in [5.74, 6) is -0.263. The third-order valence-electron chi connectivity index (χ3n) is 2.84. The van der Waals surface area contributed by atoms with Gasteiger partial charge in [0, 0.05) is 12.8 Å². The predicted octanol–water partition coefficient (Wildman–Crippen LogP) is 3.25. The minimum Gasteiger partial charge on any atom is -0.397 e. The number of ether oxygens (including phenoxy) is 1. The number of carbonyl (C=O) groups excluding carboxylic acids is 1. The Bertz CT molecular complexity index is 602. The van der Waals surface area contributed by atoms with E-state index >= 15 is 0 Å². The molecule has 1 unspecified atom stereocenters. The Morgan fingerprint density at radius 3 is 2.55 bits per heavy atom. The lowest BCUT2D eigenvalue weighted by molar-refractivity contribution is -0.126. The van der Waals surface area contributed by atoms with Gasteiger partial charge < -0.3 is 15.8 Å². The van der Waals surface area contributed by atoms with Crippen molar-refractivity contribution in [1.29, 1.82) is 0 Å². The number of hydrogen-bond donors (Lipinski definition) is 2. The van der Waals surface area contributed by atoms with Crippen LogP contribution in [0, 0.1) is 0 Å². The van der Waals surface area contributed by atoms with E-state index in [1.165, 1.54) is 7.11 Å². The Labute approximate surface area is 122 Å². The van der Waals surface area contributed by atoms with Crippen molar-refractivity contribution >= 4 is 28.9 Å². The van der Waals surface area contributed by atoms with Crippen molar-refractivity contribution in [3.63, 3.8) is 0 Å². The molecule has 0 bridgehead atoms. The minimum atomic E-state index is -0.673. The smallest absolute Gasteiger partial charge is 0.258 e. The molecule has 0 radical (unpaired) electrons. The van der Waals surface area contributed by atoms with E-state index in [4.69, 9.17) is 22.1 Å². The molecule has 104 valence electrons. The summed E-state index contributed by atoms with van der Waals surface area (Å²) in [6.45, 7) is 0. The number of hydrogen-bond acceptors (Lipinski definition) is 3. The normalized spacial score (nSPS) is 11.9. The van der Waals surface area contributed by atoms with Crippen molar-refractivity contribution in [3.05, 3.63) is 59.1 Å². The lowest BCUT2D eigenvalue weighted by atomic mass is 10.1. The number of nitrogens with two attached hydrogens (primary N) is 1. The van der Waals surface area contributed by atoms with Gasteiger partial charge in [0.2, 0.25) is 0 Å². The van der Waals surface area contributed by atoms with Gasteiger partial charge in [0.05, 0.1) is 10.7 Å². The van der Waals surface area contributed by atoms with Gasteiger partial charge in [-0.05, 0) is 23.8 Å². The fourth-order valence-corrected chi connectivity index (χ4v) is 1.97. The predicted molar refractivity (Wildman–Crippen MR) is 80.7 cm³/mol. The van der Waals surface area contributed by atoms with Crippen LogP contribution in [0.3, 0.4) is 0 Å². The fourth-order valence-electron chi connectivity index (χ4n) is 1.85. The summed E-state index contributed by atoms with van der Waals surface area (Å²) in [5.41, 5.74) is 7.48. The summed E-state index contributed by atoms with van der Waals surface area (Å²) < 4.78 is 5.25. The Hall–Kier alpha value is -2.04. The zero-order valence-electron chi connectivity index (χ0n) is 11.0. The number of methoxy groups -OCH3 is 1. The SMILES string of the molecule is COC(C(=O)Nc1ccc(Cl)c(N)c1)c1ccccc1. The molecule has 2 aromatic carbocycles. The molecule has 3 N–H and O–H groups in total. The summed E-state index contributed by atoms with van der Waals surface area (Å²) in [5, 5.41) is 3.21. The first-order chi connectivity index (χ1) is 9.61. The molecule has 20 heavy (non-hydrogen) atoms. The largest absolute Gasteiger partial charge is 0.397 e. The van der Waals surface area contributed by atoms with Gasteiger partial charge in [0.15, 0.2) is 6.10 Å². The second-order valence-electron chi connectivity index (χ2n) is 4.25. The van der Waals surface area contributed by atoms with Gasteiger partial charge in [-0.1, -0.05) is 41.9 Å². The Balaban J connectivity index is 2.15. The highest BCUT2D eigenvalue weighted by molar-refractivity contribution is 6.33. The van der Waals surface area contributed by atoms with E-state index in [-0.39, 0.29) is 5.91 Å². The zero-order valence-corrected chi connectivity index (χ0v) is 11.7. The van der Waals surface area contributed by atoms with Gasteiger partial charge in [0.1, 0.15) is 0 Å². The van der Waals surface area contributed by atoms with Crippen molar-refractivity contribution in [2.24, 2.45) is 0 Å². The van der Waals surface area contributed by atoms with Crippen LogP contribution in [0.5, 0.6) is 0 Å². The van der Waals surface area contributed by atoms with Crippen molar-refractivity contribution in [3.8, 4) is 0 Å². The summed E-state index contributed by atoms with van der Waals surface area (Å²) in [6, 6.07) is 14.2. The number of halogens is 1. The van der Waals surface area contributed by atoms with Gasteiger partial charge in [0.25, 0.3) is 5.91 Å². The van der Waals surface area contributed by atoms with Crippen LogP contribution >= 0.6 is 11.6 Å². The van der Waals surface area contributed by atoms with Crippen LogP contribution in [0.1, 0.15) is 11.7 Å². The zero-order chi connectivity index (χ0) is 14.5. The number of benzene rings is 2. The summed E-state index contributed by atoms with van der Waals surface area (Å²) in [4.78, 5) is 12.2. The molecule has 2 aromatic rings. The monoisotopic (exact) mass is 290 g/mol. The molecule has 0 heterocycles. The van der Waals surface area contributed by atoms with Crippen molar-refractivity contribution in [2.75, 3.05) is 18.2 Å². The van der Waals surface area contributed by atoms with Crippen molar-refractivity contribution in [2.45, 2.75) is 6.10 Å². The average molecular weight is 291 g/mol. The molecule has 0 aliphatic rings. The topological polar surface area (TPSA) is 64.3 Å². The van der Waals surface area contributed by atoms with Crippen LogP contribution in [0.4, 0.5) is 11.4 Å². The molecule has 1 atom stereocenters. The maximum atomic E-state index is 12.2. The molecular formula is C15H15ClN2O2. The third kappa shape index (κ3) is 3.29. The lowest BCUT2D eigenvalue weighted by Crippen LogP contribution is -2.22. The Morgan fingerprint density at radius 2 is 1.95 bits per heavy atom. The molecule has 0 saturated heterocycles. The number of nitrogen functional groups attached to an aromatic ring is 1. The van der Waals surface area contributed by atoms with Crippen LogP contribution < -0.4 is 11.1 Å². The van der Waals surface area contributed by atoms with Crippen LogP contribution in [-0.4, -0.2) is 13.0 Å². The van der Waals surface area contributed by atoms with Gasteiger partial charge in [-0.2, -0.15) is 0 Å². The molecule has 5 heteroatoms. The van der Waals surface area contributed by atoms with Crippen molar-refractivity contribution in [1.82, 2.24) is 0 Å². The lowest BCUT2D eigenvalue weighted by Gasteiger charge is -2.16. The molecule has 2 rings (SSSR count). The highest BCUT2D eigenvalue weighted by atomic mass is 35.5. The van der Waals surface area contributed by atoms with Crippen LogP contribution in [0.25, 0.3) is 0 Å². The molecule has 0 aliphatic carbocycles. The van der Waals surface area contributed by atoms with Crippen LogP contribution in [0.2, 0.25) is 5.02 Å². The molecule has 0 spiro atoms. The Kier molecular flexibility index (Phi) is 4.61. The standard InChI is InChI=1S/C15H15ClN2O2/c1-20-14(10-5-3-2-4-6-10)15(19)18-11-7-8-12(16)13(17)9-11/h2-9,14H,17H2,1H3,(H,18,19). The van der Waals surface area contributed by atoms with Gasteiger partial charge in [-0.25, -0.2) is 0 Å². The maximum absolute atomic E-state index is 12.2. The molecule has 0 aliphatic heterocycles. The fraction of sp³-hybridized carbons (Fsp3) is 0.133. The molecular weight excluding hydrogens is 276 g/mol. The molecule has 0 aromatic heterocycles. The minimum absolute atomic E-state index is 0.263. The maximum Gasteiger partial charge on any atom is 0.258 e. The number of nitrogens with one attached hydrogen (secondary N) is 1. The third-order valence-corrected chi connectivity index (χ3v) is 3.18. The number of anilines is 2. The first-order valence-corrected chi connectivity index (χ1v) is 6.43. The van der Waals surface area contributed by atoms with E-state index in [0.717, 1.165) is 5.56 Å². The second-order valence-corrected chi connectivity index (χ2v) is 4.66. The molecule has 1 amide bonds. The molecule has 0 fully saturated rings. The highest BCUT2D eigenvalue weighted by Gasteiger charge is 2.19. The van der Waals surface area contributed by atoms with E-state index in [1.54, 1.807) is 18.2 Å². The van der Waals surface area contributed by atoms with Gasteiger partial charge >= 0.3 is 0 Å². The summed E-state index contributed by atoms with van der Waals surface area (Å²) in [6.07, 6.45) is -0.673. The molecule has 0 saturated carbocycles. The second kappa shape index (κ2) is 6.41. The number of rotatable bonds is 4. The summed E-state index contributed by atoms with van der Waals surface area (Å²) >= 11 is 5.84. The Morgan fingerprint density at radius 1 is 1.25 bits per heavy atom. The van der Waals surface area contributed by atoms with Crippen molar-refractivity contribution < 1.29 is 9.53 Å². The van der Waals surface area contributed by atoms with Gasteiger partial charge in [-0.3, -0.25) is 4.79 Å². The number of carbonyl (C=O) groups is 1. The average Bonchev–Trinajstić information content (AvgIpc) is 2.45. The van der Waals surface area contributed by atoms with Crippen LogP contribution in [-0.2, 0) is 9.53 Å².